The lowest BCUT2D eigenvalue weighted by atomic mass is 10.2. The minimum Gasteiger partial charge on any atom is -1.00 e. The number of quaternary nitrogens is 1. The Morgan fingerprint density at radius 2 is 1.35 bits per heavy atom. The van der Waals surface area contributed by atoms with Crippen molar-refractivity contribution in [2.75, 3.05) is 58.9 Å². The molecule has 0 aromatic heterocycles. The number of carbonyl (C=O) groups excluding carboxylic acids is 1. The lowest BCUT2D eigenvalue weighted by Gasteiger charge is -2.35. The van der Waals surface area contributed by atoms with Crippen LogP contribution in [0.1, 0.15) is 6.92 Å². The molecular weight excluding hydrogens is 346 g/mol. The third kappa shape index (κ3) is 11.2. The van der Waals surface area contributed by atoms with Crippen molar-refractivity contribution in [2.24, 2.45) is 0 Å². The van der Waals surface area contributed by atoms with E-state index in [2.05, 4.69) is 43.1 Å². The molecule has 1 aliphatic heterocycles. The Morgan fingerprint density at radius 3 is 1.65 bits per heavy atom. The monoisotopic (exact) mass is 381 g/mol. The number of carbonyl (C=O) groups is 1. The molecule has 1 saturated heterocycles. The second kappa shape index (κ2) is 15.8. The molecule has 0 amide bonds. The summed E-state index contributed by atoms with van der Waals surface area (Å²) in [6.07, 6.45) is 7.76. The van der Waals surface area contributed by atoms with Crippen LogP contribution in [0.2, 0.25) is 0 Å². The van der Waals surface area contributed by atoms with Crippen molar-refractivity contribution in [3.63, 3.8) is 0 Å². The van der Waals surface area contributed by atoms with Crippen molar-refractivity contribution in [1.29, 1.82) is 0 Å². The normalized spacial score (nSPS) is 14.0. The summed E-state index contributed by atoms with van der Waals surface area (Å²) in [5, 5.41) is 3.24. The first-order chi connectivity index (χ1) is 11.9. The molecule has 5 heteroatoms. The molecule has 1 aliphatic rings. The van der Waals surface area contributed by atoms with Gasteiger partial charge < -0.3 is 22.2 Å². The van der Waals surface area contributed by atoms with Gasteiger partial charge in [0.2, 0.25) is 0 Å². The van der Waals surface area contributed by atoms with Crippen LogP contribution >= 0.6 is 0 Å². The first kappa shape index (κ1) is 26.8. The zero-order chi connectivity index (χ0) is 19.1. The summed E-state index contributed by atoms with van der Waals surface area (Å²) in [5.74, 6) is 0.164. The molecule has 1 heterocycles. The second-order valence-corrected chi connectivity index (χ2v) is 6.46. The number of ketones is 1. The van der Waals surface area contributed by atoms with Crippen molar-refractivity contribution in [3.05, 3.63) is 62.8 Å². The van der Waals surface area contributed by atoms with E-state index in [1.165, 1.54) is 0 Å². The van der Waals surface area contributed by atoms with Crippen LogP contribution in [0, 0.1) is 0 Å². The quantitative estimate of drug-likeness (QED) is 0.300. The number of nitrogens with zero attached hydrogens (tertiary/aromatic N) is 2. The van der Waals surface area contributed by atoms with Crippen LogP contribution in [0.15, 0.2) is 62.8 Å². The Balaban J connectivity index is 0. The van der Waals surface area contributed by atoms with Crippen molar-refractivity contribution in [2.45, 2.75) is 6.92 Å². The Labute approximate surface area is 166 Å². The standard InChI is InChI=1S/C12H20N.C9H16N2O.ClH/c1-5-9-13(10-6-2,11-7-3)12-8-4;1-8(2)9(12)7-11-5-3-10-4-6-11;/h5-8H,1-4,9-12H2;10H,1,3-7H2,2H3;1H/q+1;;/p-1. The number of Topliss-reactive ketones (excluding diaryl/α,β-unsaturated/α-hetero) is 1. The van der Waals surface area contributed by atoms with Gasteiger partial charge >= 0.3 is 0 Å². The molecule has 1 rings (SSSR count). The van der Waals surface area contributed by atoms with Crippen molar-refractivity contribution in [1.82, 2.24) is 10.2 Å². The number of nitrogens with one attached hydrogen (secondary N) is 1. The first-order valence-corrected chi connectivity index (χ1v) is 8.85. The molecule has 0 spiro atoms. The molecule has 4 nitrogen and oxygen atoms in total. The van der Waals surface area contributed by atoms with E-state index in [-0.39, 0.29) is 18.2 Å². The van der Waals surface area contributed by atoms with Gasteiger partial charge in [0.15, 0.2) is 5.78 Å². The maximum atomic E-state index is 11.2. The number of hydrogen-bond donors (Lipinski definition) is 1. The van der Waals surface area contributed by atoms with E-state index < -0.39 is 0 Å². The van der Waals surface area contributed by atoms with E-state index >= 15 is 0 Å². The predicted octanol–water partition coefficient (Wildman–Crippen LogP) is -0.412. The van der Waals surface area contributed by atoms with E-state index in [0.29, 0.717) is 12.1 Å². The molecule has 0 radical (unpaired) electrons. The van der Waals surface area contributed by atoms with Crippen LogP contribution in [0.25, 0.3) is 0 Å². The van der Waals surface area contributed by atoms with Crippen LogP contribution in [-0.2, 0) is 4.79 Å². The largest absolute Gasteiger partial charge is 1.00 e. The smallest absolute Gasteiger partial charge is 0.171 e. The Morgan fingerprint density at radius 1 is 0.962 bits per heavy atom. The molecule has 26 heavy (non-hydrogen) atoms. The zero-order valence-electron chi connectivity index (χ0n) is 16.4. The van der Waals surface area contributed by atoms with Gasteiger partial charge in [-0.2, -0.15) is 0 Å². The maximum Gasteiger partial charge on any atom is 0.171 e. The van der Waals surface area contributed by atoms with Crippen LogP contribution in [0.5, 0.6) is 0 Å². The fraction of sp³-hybridized carbons (Fsp3) is 0.476. The average Bonchev–Trinajstić information content (AvgIpc) is 2.57. The van der Waals surface area contributed by atoms with E-state index in [9.17, 15) is 4.79 Å². The molecular formula is C21H36ClN3O. The van der Waals surface area contributed by atoms with Gasteiger partial charge in [-0.15, -0.1) is 0 Å². The van der Waals surface area contributed by atoms with Gasteiger partial charge in [0.1, 0.15) is 0 Å². The van der Waals surface area contributed by atoms with Gasteiger partial charge in [-0.1, -0.05) is 32.9 Å². The Bertz CT molecular complexity index is 422. The minimum absolute atomic E-state index is 0. The number of rotatable bonds is 11. The van der Waals surface area contributed by atoms with Crippen LogP contribution in [-0.4, -0.2) is 74.1 Å². The van der Waals surface area contributed by atoms with Gasteiger partial charge in [-0.05, 0) is 36.8 Å². The lowest BCUT2D eigenvalue weighted by molar-refractivity contribution is -0.906. The van der Waals surface area contributed by atoms with Crippen molar-refractivity contribution >= 4 is 5.78 Å². The third-order valence-corrected chi connectivity index (χ3v) is 4.12. The molecule has 0 aliphatic carbocycles. The Hall–Kier alpha value is -1.46. The summed E-state index contributed by atoms with van der Waals surface area (Å²) in [7, 11) is 0. The highest BCUT2D eigenvalue weighted by Crippen LogP contribution is 2.07. The fourth-order valence-corrected chi connectivity index (χ4v) is 2.75. The second-order valence-electron chi connectivity index (χ2n) is 6.46. The van der Waals surface area contributed by atoms with E-state index in [4.69, 9.17) is 0 Å². The fourth-order valence-electron chi connectivity index (χ4n) is 2.75. The average molecular weight is 382 g/mol. The molecule has 1 fully saturated rings. The summed E-state index contributed by atoms with van der Waals surface area (Å²) in [5.41, 5.74) is 0.661. The highest BCUT2D eigenvalue weighted by Gasteiger charge is 2.20. The zero-order valence-corrected chi connectivity index (χ0v) is 17.1. The summed E-state index contributed by atoms with van der Waals surface area (Å²) >= 11 is 0. The molecule has 0 atom stereocenters. The molecule has 0 aromatic carbocycles. The van der Waals surface area contributed by atoms with Crippen molar-refractivity contribution in [3.8, 4) is 0 Å². The van der Waals surface area contributed by atoms with Gasteiger partial charge in [0, 0.05) is 26.2 Å². The molecule has 0 bridgehead atoms. The molecule has 0 aromatic rings. The summed E-state index contributed by atoms with van der Waals surface area (Å²) in [6.45, 7) is 28.7. The highest BCUT2D eigenvalue weighted by molar-refractivity contribution is 5.95. The van der Waals surface area contributed by atoms with Crippen LogP contribution in [0.4, 0.5) is 0 Å². The SMILES string of the molecule is C=C(C)C(=O)CN1CCNCC1.C=CC[N+](CC=C)(CC=C)CC=C.[Cl-]. The molecule has 0 saturated carbocycles. The lowest BCUT2D eigenvalue weighted by Crippen LogP contribution is -3.00. The summed E-state index contributed by atoms with van der Waals surface area (Å²) < 4.78 is 0.903. The number of piperazine rings is 1. The first-order valence-electron chi connectivity index (χ1n) is 8.85. The minimum atomic E-state index is 0. The van der Waals surface area contributed by atoms with Gasteiger partial charge in [0.05, 0.1) is 32.7 Å². The number of hydrogen-bond acceptors (Lipinski definition) is 3. The molecule has 0 unspecified atom stereocenters. The molecule has 148 valence electrons. The third-order valence-electron chi connectivity index (χ3n) is 4.12. The van der Waals surface area contributed by atoms with E-state index in [1.54, 1.807) is 6.92 Å². The maximum absolute atomic E-state index is 11.2. The van der Waals surface area contributed by atoms with Crippen LogP contribution in [0.3, 0.4) is 0 Å². The summed E-state index contributed by atoms with van der Waals surface area (Å²) in [4.78, 5) is 13.4. The van der Waals surface area contributed by atoms with Gasteiger partial charge in [-0.25, -0.2) is 0 Å². The van der Waals surface area contributed by atoms with Crippen molar-refractivity contribution < 1.29 is 21.7 Å². The van der Waals surface area contributed by atoms with Gasteiger partial charge in [0.25, 0.3) is 0 Å². The summed E-state index contributed by atoms with van der Waals surface area (Å²) in [6, 6.07) is 0. The van der Waals surface area contributed by atoms with Crippen LogP contribution < -0.4 is 17.7 Å². The molecule has 1 N–H and O–H groups in total. The Kier molecular flexibility index (Phi) is 16.2. The number of halogens is 1. The predicted molar refractivity (Wildman–Crippen MR) is 110 cm³/mol. The van der Waals surface area contributed by atoms with E-state index in [0.717, 1.165) is 56.8 Å². The van der Waals surface area contributed by atoms with Gasteiger partial charge in [-0.3, -0.25) is 9.69 Å². The van der Waals surface area contributed by atoms with E-state index in [1.807, 2.05) is 24.3 Å². The topological polar surface area (TPSA) is 32.3 Å². The highest BCUT2D eigenvalue weighted by atomic mass is 35.5.